The molecule has 0 bridgehead atoms. The molecule has 0 spiro atoms. The number of nitrogens with zero attached hydrogens (tertiary/aromatic N) is 1. The topological polar surface area (TPSA) is 107 Å². The summed E-state index contributed by atoms with van der Waals surface area (Å²) < 4.78 is 0. The molecule has 0 heterocycles. The number of nitrogens with two attached hydrogens (primary N) is 3. The molecule has 5 heteroatoms. The minimum atomic E-state index is -0.376. The second-order valence-electron chi connectivity index (χ2n) is 4.08. The molecule has 18 heavy (non-hydrogen) atoms. The Morgan fingerprint density at radius 2 is 1.50 bits per heavy atom. The van der Waals surface area contributed by atoms with Gasteiger partial charge in [0.1, 0.15) is 5.78 Å². The molecule has 0 aromatic heterocycles. The van der Waals surface area contributed by atoms with E-state index >= 15 is 0 Å². The zero-order valence-electron chi connectivity index (χ0n) is 12.7. The van der Waals surface area contributed by atoms with Crippen LogP contribution in [0.5, 0.6) is 0 Å². The molecule has 0 amide bonds. The molecule has 0 fully saturated rings. The van der Waals surface area contributed by atoms with Gasteiger partial charge < -0.3 is 17.2 Å². The van der Waals surface area contributed by atoms with E-state index in [1.807, 2.05) is 0 Å². The van der Waals surface area contributed by atoms with Crippen LogP contribution in [0.25, 0.3) is 0 Å². The van der Waals surface area contributed by atoms with Gasteiger partial charge in [-0.1, -0.05) is 40.5 Å². The van der Waals surface area contributed by atoms with Crippen LogP contribution < -0.4 is 17.2 Å². The van der Waals surface area contributed by atoms with Gasteiger partial charge in [0, 0.05) is 6.54 Å². The van der Waals surface area contributed by atoms with Crippen LogP contribution in [0.3, 0.4) is 0 Å². The van der Waals surface area contributed by atoms with Crippen molar-refractivity contribution in [3.8, 4) is 0 Å². The van der Waals surface area contributed by atoms with E-state index in [4.69, 9.17) is 17.2 Å². The summed E-state index contributed by atoms with van der Waals surface area (Å²) in [4.78, 5) is 14.4. The number of aliphatic imine (C=N–C) groups is 1. The van der Waals surface area contributed by atoms with E-state index in [-0.39, 0.29) is 17.8 Å². The summed E-state index contributed by atoms with van der Waals surface area (Å²) in [5.41, 5.74) is 15.7. The molecule has 0 saturated carbocycles. The fraction of sp³-hybridized carbons (Fsp3) is 0.846. The van der Waals surface area contributed by atoms with Gasteiger partial charge in [-0.15, -0.1) is 0 Å². The van der Waals surface area contributed by atoms with Crippen LogP contribution in [0.2, 0.25) is 0 Å². The third-order valence-corrected chi connectivity index (χ3v) is 1.49. The Bertz CT molecular complexity index is 199. The molecule has 1 atom stereocenters. The molecule has 0 aromatic rings. The molecule has 0 aliphatic rings. The van der Waals surface area contributed by atoms with Gasteiger partial charge in [0.05, 0.1) is 6.04 Å². The van der Waals surface area contributed by atoms with Gasteiger partial charge in [-0.2, -0.15) is 0 Å². The quantitative estimate of drug-likeness (QED) is 0.398. The first kappa shape index (κ1) is 22.1. The van der Waals surface area contributed by atoms with Gasteiger partial charge >= 0.3 is 0 Å². The Morgan fingerprint density at radius 3 is 1.78 bits per heavy atom. The lowest BCUT2D eigenvalue weighted by molar-refractivity contribution is -0.118. The van der Waals surface area contributed by atoms with Crippen LogP contribution in [0, 0.1) is 0 Å². The lowest BCUT2D eigenvalue weighted by Gasteiger charge is -2.04. The highest BCUT2D eigenvalue weighted by atomic mass is 16.1. The summed E-state index contributed by atoms with van der Waals surface area (Å²) in [6.45, 7) is 10.5. The van der Waals surface area contributed by atoms with Crippen molar-refractivity contribution < 1.29 is 4.79 Å². The summed E-state index contributed by atoms with van der Waals surface area (Å²) >= 11 is 0. The molecule has 6 N–H and O–H groups in total. The maximum Gasteiger partial charge on any atom is 0.185 e. The monoisotopic (exact) mass is 260 g/mol. The lowest BCUT2D eigenvalue weighted by Crippen LogP contribution is -2.28. The van der Waals surface area contributed by atoms with Crippen molar-refractivity contribution in [2.24, 2.45) is 22.2 Å². The summed E-state index contributed by atoms with van der Waals surface area (Å²) in [7, 11) is 0. The maximum atomic E-state index is 10.7. The van der Waals surface area contributed by atoms with Crippen molar-refractivity contribution in [1.29, 1.82) is 0 Å². The number of hydrogen-bond donors (Lipinski definition) is 3. The zero-order valence-corrected chi connectivity index (χ0v) is 12.7. The van der Waals surface area contributed by atoms with Crippen molar-refractivity contribution in [3.05, 3.63) is 0 Å². The number of carbonyl (C=O) groups is 1. The molecular formula is C13H32N4O. The number of hydrogen-bond acceptors (Lipinski definition) is 3. The lowest BCUT2D eigenvalue weighted by atomic mass is 10.1. The van der Waals surface area contributed by atoms with E-state index in [0.29, 0.717) is 13.0 Å². The molecule has 0 rings (SSSR count). The number of carbonyl (C=O) groups excluding carboxylic acids is 1. The summed E-state index contributed by atoms with van der Waals surface area (Å²) in [6, 6.07) is -0.376. The highest BCUT2D eigenvalue weighted by molar-refractivity contribution is 5.81. The molecular weight excluding hydrogens is 228 g/mol. The Morgan fingerprint density at radius 1 is 1.11 bits per heavy atom. The predicted octanol–water partition coefficient (Wildman–Crippen LogP) is 1.79. The Balaban J connectivity index is -0.000000315. The predicted molar refractivity (Wildman–Crippen MR) is 80.5 cm³/mol. The number of guanidine groups is 1. The number of rotatable bonds is 5. The summed E-state index contributed by atoms with van der Waals surface area (Å²) in [5.74, 6) is 0.0751. The first-order chi connectivity index (χ1) is 8.37. The zero-order chi connectivity index (χ0) is 15.0. The standard InChI is InChI=1S/C7H16N4O.2C3H8/c1-5(12)6(8)3-2-4-11-7(9)10;2*1-3-2/h6H,2-4,8H2,1H3,(H4,9,10,11);2*3H2,1-2H3. The molecule has 0 aliphatic heterocycles. The van der Waals surface area contributed by atoms with E-state index in [1.165, 1.54) is 19.8 Å². The van der Waals surface area contributed by atoms with E-state index < -0.39 is 0 Å². The Kier molecular flexibility index (Phi) is 22.4. The first-order valence-corrected chi connectivity index (χ1v) is 6.68. The molecule has 5 nitrogen and oxygen atoms in total. The smallest absolute Gasteiger partial charge is 0.185 e. The normalized spacial score (nSPS) is 10.1. The second kappa shape index (κ2) is 18.3. The van der Waals surface area contributed by atoms with Crippen molar-refractivity contribution in [1.82, 2.24) is 0 Å². The minimum absolute atomic E-state index is 0.000278. The van der Waals surface area contributed by atoms with Crippen molar-refractivity contribution in [3.63, 3.8) is 0 Å². The van der Waals surface area contributed by atoms with Crippen LogP contribution in [0.4, 0.5) is 0 Å². The van der Waals surface area contributed by atoms with Crippen LogP contribution in [0.1, 0.15) is 60.3 Å². The van der Waals surface area contributed by atoms with Gasteiger partial charge in [-0.3, -0.25) is 9.79 Å². The van der Waals surface area contributed by atoms with Gasteiger partial charge in [0.2, 0.25) is 0 Å². The van der Waals surface area contributed by atoms with Crippen LogP contribution in [0.15, 0.2) is 4.99 Å². The van der Waals surface area contributed by atoms with E-state index in [1.54, 1.807) is 0 Å². The number of ketones is 1. The van der Waals surface area contributed by atoms with Crippen molar-refractivity contribution in [2.45, 2.75) is 66.3 Å². The molecule has 1 unspecified atom stereocenters. The molecule has 0 aromatic carbocycles. The van der Waals surface area contributed by atoms with Gasteiger partial charge in [-0.25, -0.2) is 0 Å². The van der Waals surface area contributed by atoms with Crippen molar-refractivity contribution in [2.75, 3.05) is 6.54 Å². The highest BCUT2D eigenvalue weighted by Gasteiger charge is 2.05. The molecule has 110 valence electrons. The van der Waals surface area contributed by atoms with Gasteiger partial charge in [0.15, 0.2) is 5.96 Å². The summed E-state index contributed by atoms with van der Waals surface area (Å²) in [5, 5.41) is 0. The first-order valence-electron chi connectivity index (χ1n) is 6.68. The van der Waals surface area contributed by atoms with E-state index in [2.05, 4.69) is 32.7 Å². The van der Waals surface area contributed by atoms with Gasteiger partial charge in [0.25, 0.3) is 0 Å². The molecule has 0 radical (unpaired) electrons. The number of Topliss-reactive ketones (excluding diaryl/α,β-unsaturated/α-hetero) is 1. The van der Waals surface area contributed by atoms with Crippen molar-refractivity contribution >= 4 is 11.7 Å². The molecule has 0 saturated heterocycles. The van der Waals surface area contributed by atoms with Crippen LogP contribution >= 0.6 is 0 Å². The second-order valence-corrected chi connectivity index (χ2v) is 4.08. The van der Waals surface area contributed by atoms with E-state index in [9.17, 15) is 4.79 Å². The fourth-order valence-electron chi connectivity index (χ4n) is 0.723. The summed E-state index contributed by atoms with van der Waals surface area (Å²) in [6.07, 6.45) is 3.87. The third kappa shape index (κ3) is 29.4. The SMILES string of the molecule is CC(=O)C(N)CCCN=C(N)N.CCC.CCC. The average molecular weight is 260 g/mol. The maximum absolute atomic E-state index is 10.7. The van der Waals surface area contributed by atoms with Crippen LogP contribution in [-0.4, -0.2) is 24.3 Å². The Labute approximate surface area is 112 Å². The third-order valence-electron chi connectivity index (χ3n) is 1.49. The van der Waals surface area contributed by atoms with E-state index in [0.717, 1.165) is 6.42 Å². The minimum Gasteiger partial charge on any atom is -0.370 e. The highest BCUT2D eigenvalue weighted by Crippen LogP contribution is 1.95. The molecule has 0 aliphatic carbocycles. The largest absolute Gasteiger partial charge is 0.370 e. The Hall–Kier alpha value is -1.10. The average Bonchev–Trinajstić information content (AvgIpc) is 2.25. The van der Waals surface area contributed by atoms with Gasteiger partial charge in [-0.05, 0) is 19.8 Å². The van der Waals surface area contributed by atoms with Crippen LogP contribution in [-0.2, 0) is 4.79 Å². The fourth-order valence-corrected chi connectivity index (χ4v) is 0.723.